The number of fused-ring (bicyclic) bond motifs is 2. The number of piperidine rings is 1. The van der Waals surface area contributed by atoms with Gasteiger partial charge in [-0.2, -0.15) is 5.10 Å². The quantitative estimate of drug-likeness (QED) is 0.0739. The van der Waals surface area contributed by atoms with Crippen LogP contribution in [0.4, 0.5) is 16.2 Å². The number of pyridine rings is 1. The minimum absolute atomic E-state index is 0.0409. The second-order valence-electron chi connectivity index (χ2n) is 13.6. The van der Waals surface area contributed by atoms with Gasteiger partial charge in [-0.25, -0.2) is 19.3 Å². The lowest BCUT2D eigenvalue weighted by Crippen LogP contribution is -2.60. The maximum Gasteiger partial charge on any atom is 0.323 e. The fourth-order valence-electron chi connectivity index (χ4n) is 6.73. The van der Waals surface area contributed by atoms with Crippen molar-refractivity contribution in [3.8, 4) is 5.88 Å². The predicted molar refractivity (Wildman–Crippen MR) is 211 cm³/mol. The molecule has 1 aromatic carbocycles. The van der Waals surface area contributed by atoms with E-state index in [0.29, 0.717) is 54.0 Å². The van der Waals surface area contributed by atoms with Crippen molar-refractivity contribution in [2.75, 3.05) is 37.4 Å². The number of benzene rings is 1. The Bertz CT molecular complexity index is 2220. The predicted octanol–water partition coefficient (Wildman–Crippen LogP) is 4.35. The molecule has 3 aromatic heterocycles. The number of unbranched alkanes of at least 4 members (excludes halogenated alkanes) is 3. The summed E-state index contributed by atoms with van der Waals surface area (Å²) in [5.74, 6) is -2.24. The number of urea groups is 1. The van der Waals surface area contributed by atoms with Crippen LogP contribution in [-0.4, -0.2) is 92.9 Å². The number of methoxy groups -OCH3 is 1. The Morgan fingerprint density at radius 1 is 0.983 bits per heavy atom. The minimum Gasteiger partial charge on any atom is -0.474 e. The van der Waals surface area contributed by atoms with E-state index in [2.05, 4.69) is 41.7 Å². The lowest BCUT2D eigenvalue weighted by molar-refractivity contribution is -0.144. The third-order valence-corrected chi connectivity index (χ3v) is 10.0. The van der Waals surface area contributed by atoms with Gasteiger partial charge in [0.25, 0.3) is 11.8 Å². The Balaban J connectivity index is 0.910. The Labute approximate surface area is 342 Å². The number of imide groups is 2. The number of nitrogens with zero attached hydrogens (tertiary/aromatic N) is 5. The lowest BCUT2D eigenvalue weighted by Gasteiger charge is -2.38. The third-order valence-electron chi connectivity index (χ3n) is 9.61. The average Bonchev–Trinajstić information content (AvgIpc) is 3.58. The molecule has 2 aliphatic rings. The number of carbonyl (C=O) groups excluding carboxylic acids is 6. The monoisotopic (exact) mass is 836 g/mol. The molecule has 5 heterocycles. The van der Waals surface area contributed by atoms with Crippen LogP contribution in [0.3, 0.4) is 0 Å². The van der Waals surface area contributed by atoms with Gasteiger partial charge in [0.05, 0.1) is 35.2 Å². The van der Waals surface area contributed by atoms with Crippen molar-refractivity contribution in [1.82, 2.24) is 40.4 Å². The van der Waals surface area contributed by atoms with E-state index in [9.17, 15) is 28.8 Å². The van der Waals surface area contributed by atoms with Crippen LogP contribution in [0.5, 0.6) is 5.88 Å². The Morgan fingerprint density at radius 3 is 2.55 bits per heavy atom. The summed E-state index contributed by atoms with van der Waals surface area (Å²) in [6.07, 6.45) is 5.67. The highest BCUT2D eigenvalue weighted by Gasteiger charge is 2.45. The van der Waals surface area contributed by atoms with Crippen LogP contribution in [0, 0.1) is 0 Å². The van der Waals surface area contributed by atoms with E-state index in [0.717, 1.165) is 17.7 Å². The largest absolute Gasteiger partial charge is 0.474 e. The van der Waals surface area contributed by atoms with E-state index in [1.807, 2.05) is 0 Å². The first-order valence-electron chi connectivity index (χ1n) is 18.7. The number of carbonyl (C=O) groups is 6. The molecule has 20 heteroatoms. The first-order chi connectivity index (χ1) is 27.9. The zero-order valence-electron chi connectivity index (χ0n) is 31.7. The van der Waals surface area contributed by atoms with Gasteiger partial charge in [0, 0.05) is 37.8 Å². The maximum atomic E-state index is 13.5. The van der Waals surface area contributed by atoms with Crippen molar-refractivity contribution in [2.45, 2.75) is 70.1 Å². The van der Waals surface area contributed by atoms with Gasteiger partial charge in [0.1, 0.15) is 24.4 Å². The second kappa shape index (κ2) is 19.2. The normalized spacial score (nSPS) is 17.1. The van der Waals surface area contributed by atoms with Crippen molar-refractivity contribution < 1.29 is 38.2 Å². The fourth-order valence-corrected chi connectivity index (χ4v) is 7.06. The summed E-state index contributed by atoms with van der Waals surface area (Å²) in [7, 11) is 1.52. The molecule has 306 valence electrons. The van der Waals surface area contributed by atoms with Crippen molar-refractivity contribution in [3.05, 3.63) is 75.8 Å². The first kappa shape index (κ1) is 41.9. The van der Waals surface area contributed by atoms with Crippen LogP contribution < -0.4 is 31.3 Å². The summed E-state index contributed by atoms with van der Waals surface area (Å²) in [5, 5.41) is 18.4. The highest BCUT2D eigenvalue weighted by atomic mass is 35.5. The second-order valence-corrected chi connectivity index (χ2v) is 14.4. The fraction of sp³-hybridized carbons (Fsp3) is 0.395. The molecule has 2 aliphatic heterocycles. The molecular weight excluding hydrogens is 795 g/mol. The van der Waals surface area contributed by atoms with Gasteiger partial charge >= 0.3 is 6.03 Å². The first-order valence-corrected chi connectivity index (χ1v) is 19.4. The van der Waals surface area contributed by atoms with Crippen LogP contribution in [0.1, 0.15) is 85.6 Å². The van der Waals surface area contributed by atoms with E-state index in [-0.39, 0.29) is 53.6 Å². The van der Waals surface area contributed by atoms with Crippen LogP contribution >= 0.6 is 23.2 Å². The molecule has 2 unspecified atom stereocenters. The average molecular weight is 838 g/mol. The Hall–Kier alpha value is -5.69. The molecule has 0 saturated carbocycles. The van der Waals surface area contributed by atoms with Gasteiger partial charge in [-0.3, -0.25) is 34.2 Å². The van der Waals surface area contributed by atoms with E-state index in [4.69, 9.17) is 32.7 Å². The number of hydrogen-bond acceptors (Lipinski definition) is 12. The molecule has 1 saturated heterocycles. The van der Waals surface area contributed by atoms with Crippen molar-refractivity contribution >= 4 is 75.8 Å². The molecular formula is C38H42Cl2N10O8. The van der Waals surface area contributed by atoms with Gasteiger partial charge in [-0.15, -0.1) is 0 Å². The molecule has 58 heavy (non-hydrogen) atoms. The highest BCUT2D eigenvalue weighted by molar-refractivity contribution is 6.31. The molecule has 0 aliphatic carbocycles. The van der Waals surface area contributed by atoms with Gasteiger partial charge in [0.15, 0.2) is 10.8 Å². The summed E-state index contributed by atoms with van der Waals surface area (Å²) >= 11 is 12.2. The van der Waals surface area contributed by atoms with Crippen molar-refractivity contribution in [3.63, 3.8) is 0 Å². The van der Waals surface area contributed by atoms with Gasteiger partial charge in [-0.1, -0.05) is 54.2 Å². The maximum absolute atomic E-state index is 13.5. The number of halogens is 2. The van der Waals surface area contributed by atoms with E-state index < -0.39 is 47.8 Å². The standard InChI is InChI=1S/C38H42Cl2N10O8/c1-21(57-2)33-26(20-43-29-18-28(40)48-50(29)33)46-38(56)45-25-17-22(39)19-44-35(25)58-16-15-41-30(51)11-5-3-4-8-14-42-32-23-9-6-7-10-24(23)36(54)49(37(32)55)27-12-13-31(52)47-34(27)53/h6-7,9-10,17-21,27,32,42H,3-5,8,11-16H2,1-2H3,(H,41,51)(H2,45,46,56)(H,47,52,53)/t21-,27?,32?/m0/s1. The molecule has 7 amide bonds. The van der Waals surface area contributed by atoms with E-state index in [1.165, 1.54) is 30.1 Å². The number of aromatic nitrogens is 4. The van der Waals surface area contributed by atoms with Crippen LogP contribution in [0.15, 0.2) is 48.8 Å². The molecule has 4 aromatic rings. The zero-order chi connectivity index (χ0) is 41.3. The number of ether oxygens (including phenoxy) is 2. The van der Waals surface area contributed by atoms with Gasteiger partial charge < -0.3 is 30.7 Å². The molecule has 3 atom stereocenters. The molecule has 0 spiro atoms. The van der Waals surface area contributed by atoms with E-state index >= 15 is 0 Å². The van der Waals surface area contributed by atoms with Crippen LogP contribution in [-0.2, 0) is 23.9 Å². The topological polar surface area (TPSA) is 227 Å². The number of hydrogen-bond donors (Lipinski definition) is 5. The number of amides is 7. The Morgan fingerprint density at radius 2 is 1.76 bits per heavy atom. The SMILES string of the molecule is CO[C@@H](C)c1c(NC(=O)Nc2cc(Cl)cnc2OCCNC(=O)CCCCCCNC2C(=O)N(C3CCC(=O)NC3=O)C(=O)c3ccccc32)cnc2cc(Cl)nn12. The molecule has 1 fully saturated rings. The summed E-state index contributed by atoms with van der Waals surface area (Å²) in [5.41, 5.74) is 2.40. The van der Waals surface area contributed by atoms with Gasteiger partial charge in [-0.05, 0) is 50.4 Å². The molecule has 0 radical (unpaired) electrons. The number of rotatable bonds is 17. The number of nitrogens with one attached hydrogen (secondary N) is 5. The summed E-state index contributed by atoms with van der Waals surface area (Å²) < 4.78 is 12.7. The van der Waals surface area contributed by atoms with Crippen LogP contribution in [0.25, 0.3) is 5.65 Å². The minimum atomic E-state index is -1.05. The van der Waals surface area contributed by atoms with Gasteiger partial charge in [0.2, 0.25) is 23.6 Å². The van der Waals surface area contributed by atoms with Crippen molar-refractivity contribution in [1.29, 1.82) is 0 Å². The summed E-state index contributed by atoms with van der Waals surface area (Å²) in [6.45, 7) is 2.50. The van der Waals surface area contributed by atoms with E-state index in [1.54, 1.807) is 37.3 Å². The molecule has 6 rings (SSSR count). The van der Waals surface area contributed by atoms with Crippen molar-refractivity contribution in [2.24, 2.45) is 0 Å². The lowest BCUT2D eigenvalue weighted by atomic mass is 9.91. The summed E-state index contributed by atoms with van der Waals surface area (Å²) in [4.78, 5) is 86.1. The molecule has 18 nitrogen and oxygen atoms in total. The zero-order valence-corrected chi connectivity index (χ0v) is 33.2. The summed E-state index contributed by atoms with van der Waals surface area (Å²) in [6, 6.07) is 7.35. The highest BCUT2D eigenvalue weighted by Crippen LogP contribution is 2.32. The third kappa shape index (κ3) is 9.87. The van der Waals surface area contributed by atoms with Crippen LogP contribution in [0.2, 0.25) is 10.2 Å². The number of anilines is 2. The molecule has 0 bridgehead atoms. The Kier molecular flexibility index (Phi) is 13.9. The smallest absolute Gasteiger partial charge is 0.323 e. The molecule has 5 N–H and O–H groups in total.